The van der Waals surface area contributed by atoms with Gasteiger partial charge < -0.3 is 10.4 Å². The highest BCUT2D eigenvalue weighted by Crippen LogP contribution is 2.15. The summed E-state index contributed by atoms with van der Waals surface area (Å²) < 4.78 is 46.0. The summed E-state index contributed by atoms with van der Waals surface area (Å²) in [5.41, 5.74) is 0. The molecule has 0 aromatic carbocycles. The van der Waals surface area contributed by atoms with E-state index in [1.807, 2.05) is 0 Å². The third-order valence-corrected chi connectivity index (χ3v) is 4.73. The first-order valence-electron chi connectivity index (χ1n) is 4.97. The second-order valence-electron chi connectivity index (χ2n) is 4.54. The molecule has 0 saturated heterocycles. The second-order valence-corrected chi connectivity index (χ2v) is 7.40. The summed E-state index contributed by atoms with van der Waals surface area (Å²) in [7, 11) is -3.25. The molecule has 16 heavy (non-hydrogen) atoms. The van der Waals surface area contributed by atoms with Crippen molar-refractivity contribution in [1.82, 2.24) is 5.32 Å². The molecule has 4 nitrogen and oxygen atoms in total. The van der Waals surface area contributed by atoms with Crippen molar-refractivity contribution < 1.29 is 22.3 Å². The molecule has 0 spiro atoms. The Morgan fingerprint density at radius 3 is 2.19 bits per heavy atom. The Morgan fingerprint density at radius 2 is 1.81 bits per heavy atom. The van der Waals surface area contributed by atoms with E-state index in [1.54, 1.807) is 20.8 Å². The van der Waals surface area contributed by atoms with Crippen LogP contribution in [0.1, 0.15) is 20.8 Å². The van der Waals surface area contributed by atoms with Crippen molar-refractivity contribution in [3.05, 3.63) is 0 Å². The average molecular weight is 259 g/mol. The van der Waals surface area contributed by atoms with Crippen LogP contribution in [-0.2, 0) is 9.84 Å². The van der Waals surface area contributed by atoms with Gasteiger partial charge in [-0.2, -0.15) is 0 Å². The fraction of sp³-hybridized carbons (Fsp3) is 1.00. The van der Waals surface area contributed by atoms with Gasteiger partial charge in [0.25, 0.3) is 6.43 Å². The van der Waals surface area contributed by atoms with Crippen LogP contribution in [0.3, 0.4) is 0 Å². The van der Waals surface area contributed by atoms with Crippen LogP contribution in [0, 0.1) is 0 Å². The molecule has 0 heterocycles. The first-order chi connectivity index (χ1) is 7.08. The molecule has 98 valence electrons. The lowest BCUT2D eigenvalue weighted by molar-refractivity contribution is -0.00293. The van der Waals surface area contributed by atoms with Crippen LogP contribution in [0.2, 0.25) is 0 Å². The molecule has 0 aromatic heterocycles. The standard InChI is InChI=1S/C9H19F2NO3S/c1-9(2,3)16(14,15)5-4-12-6-7(13)8(10)11/h7-8,12-13H,4-6H2,1-3H3. The van der Waals surface area contributed by atoms with E-state index in [-0.39, 0.29) is 18.8 Å². The number of rotatable bonds is 6. The first-order valence-corrected chi connectivity index (χ1v) is 6.62. The molecule has 0 aliphatic rings. The minimum atomic E-state index is -3.25. The SMILES string of the molecule is CC(C)(C)S(=O)(=O)CCNCC(O)C(F)F. The van der Waals surface area contributed by atoms with Crippen molar-refractivity contribution in [1.29, 1.82) is 0 Å². The third kappa shape index (κ3) is 5.18. The van der Waals surface area contributed by atoms with Gasteiger partial charge in [0.15, 0.2) is 9.84 Å². The highest BCUT2D eigenvalue weighted by atomic mass is 32.2. The lowest BCUT2D eigenvalue weighted by Gasteiger charge is -2.19. The van der Waals surface area contributed by atoms with Crippen molar-refractivity contribution in [2.75, 3.05) is 18.8 Å². The molecular weight excluding hydrogens is 240 g/mol. The molecular formula is C9H19F2NO3S. The molecule has 1 atom stereocenters. The molecule has 0 aliphatic carbocycles. The molecule has 0 aliphatic heterocycles. The van der Waals surface area contributed by atoms with E-state index in [4.69, 9.17) is 5.11 Å². The topological polar surface area (TPSA) is 66.4 Å². The number of halogens is 2. The predicted octanol–water partition coefficient (Wildman–Crippen LogP) is 0.415. The maximum Gasteiger partial charge on any atom is 0.265 e. The highest BCUT2D eigenvalue weighted by molar-refractivity contribution is 7.92. The van der Waals surface area contributed by atoms with E-state index in [1.165, 1.54) is 0 Å². The van der Waals surface area contributed by atoms with Gasteiger partial charge in [-0.15, -0.1) is 0 Å². The van der Waals surface area contributed by atoms with Gasteiger partial charge in [-0.1, -0.05) is 0 Å². The van der Waals surface area contributed by atoms with Crippen LogP contribution in [0.4, 0.5) is 8.78 Å². The van der Waals surface area contributed by atoms with Gasteiger partial charge in [-0.25, -0.2) is 17.2 Å². The summed E-state index contributed by atoms with van der Waals surface area (Å²) in [5.74, 6) is -0.132. The largest absolute Gasteiger partial charge is 0.386 e. The lowest BCUT2D eigenvalue weighted by Crippen LogP contribution is -2.38. The molecule has 0 bridgehead atoms. The average Bonchev–Trinajstić information content (AvgIpc) is 2.09. The van der Waals surface area contributed by atoms with Gasteiger partial charge in [-0.05, 0) is 20.8 Å². The van der Waals surface area contributed by atoms with Gasteiger partial charge in [0.1, 0.15) is 6.10 Å². The summed E-state index contributed by atoms with van der Waals surface area (Å²) in [4.78, 5) is 0. The molecule has 0 saturated carbocycles. The van der Waals surface area contributed by atoms with Gasteiger partial charge in [-0.3, -0.25) is 0 Å². The van der Waals surface area contributed by atoms with Crippen molar-refractivity contribution >= 4 is 9.84 Å². The number of alkyl halides is 2. The summed E-state index contributed by atoms with van der Waals surface area (Å²) in [6.45, 7) is 4.49. The van der Waals surface area contributed by atoms with Gasteiger partial charge in [0.2, 0.25) is 0 Å². The Morgan fingerprint density at radius 1 is 1.31 bits per heavy atom. The van der Waals surface area contributed by atoms with Crippen LogP contribution in [0.25, 0.3) is 0 Å². The summed E-state index contributed by atoms with van der Waals surface area (Å²) in [6.07, 6.45) is -4.57. The van der Waals surface area contributed by atoms with E-state index in [9.17, 15) is 17.2 Å². The normalized spacial score (nSPS) is 15.4. The smallest absolute Gasteiger partial charge is 0.265 e. The van der Waals surface area contributed by atoms with E-state index in [0.29, 0.717) is 0 Å². The molecule has 0 radical (unpaired) electrons. The number of aliphatic hydroxyl groups excluding tert-OH is 1. The number of hydrogen-bond donors (Lipinski definition) is 2. The van der Waals surface area contributed by atoms with E-state index in [0.717, 1.165) is 0 Å². The third-order valence-electron chi connectivity index (χ3n) is 2.12. The van der Waals surface area contributed by atoms with Gasteiger partial charge in [0, 0.05) is 13.1 Å². The van der Waals surface area contributed by atoms with Crippen LogP contribution >= 0.6 is 0 Å². The second kappa shape index (κ2) is 5.88. The maximum atomic E-state index is 11.9. The Kier molecular flexibility index (Phi) is 5.78. The summed E-state index contributed by atoms with van der Waals surface area (Å²) in [5, 5.41) is 11.2. The lowest BCUT2D eigenvalue weighted by atomic mass is 10.3. The number of aliphatic hydroxyl groups is 1. The summed E-state index contributed by atoms with van der Waals surface area (Å²) >= 11 is 0. The van der Waals surface area contributed by atoms with Crippen LogP contribution < -0.4 is 5.32 Å². The van der Waals surface area contributed by atoms with Crippen LogP contribution in [-0.4, -0.2) is 49.6 Å². The van der Waals surface area contributed by atoms with Crippen LogP contribution in [0.5, 0.6) is 0 Å². The fourth-order valence-electron chi connectivity index (χ4n) is 0.852. The van der Waals surface area contributed by atoms with Crippen molar-refractivity contribution in [2.24, 2.45) is 0 Å². The van der Waals surface area contributed by atoms with E-state index < -0.39 is 27.1 Å². The number of sulfone groups is 1. The Bertz CT molecular complexity index is 298. The number of hydrogen-bond acceptors (Lipinski definition) is 4. The van der Waals surface area contributed by atoms with Gasteiger partial charge >= 0.3 is 0 Å². The molecule has 7 heteroatoms. The minimum Gasteiger partial charge on any atom is -0.386 e. The quantitative estimate of drug-likeness (QED) is 0.678. The zero-order chi connectivity index (χ0) is 13.0. The minimum absolute atomic E-state index is 0.0589. The summed E-state index contributed by atoms with van der Waals surface area (Å²) in [6, 6.07) is 0. The van der Waals surface area contributed by atoms with Crippen molar-refractivity contribution in [2.45, 2.75) is 38.0 Å². The molecule has 0 rings (SSSR count). The molecule has 2 N–H and O–H groups in total. The first kappa shape index (κ1) is 15.7. The van der Waals surface area contributed by atoms with Gasteiger partial charge in [0.05, 0.1) is 10.5 Å². The Hall–Kier alpha value is -0.270. The maximum absolute atomic E-state index is 11.9. The van der Waals surface area contributed by atoms with Crippen LogP contribution in [0.15, 0.2) is 0 Å². The Balaban J connectivity index is 3.93. The zero-order valence-corrected chi connectivity index (χ0v) is 10.5. The zero-order valence-electron chi connectivity index (χ0n) is 9.70. The van der Waals surface area contributed by atoms with E-state index >= 15 is 0 Å². The molecule has 0 fully saturated rings. The Labute approximate surface area is 95.0 Å². The molecule has 0 aromatic rings. The predicted molar refractivity (Wildman–Crippen MR) is 58.4 cm³/mol. The van der Waals surface area contributed by atoms with Crippen molar-refractivity contribution in [3.63, 3.8) is 0 Å². The van der Waals surface area contributed by atoms with E-state index in [2.05, 4.69) is 5.32 Å². The highest BCUT2D eigenvalue weighted by Gasteiger charge is 2.28. The molecule has 1 unspecified atom stereocenters. The van der Waals surface area contributed by atoms with Crippen molar-refractivity contribution in [3.8, 4) is 0 Å². The monoisotopic (exact) mass is 259 g/mol. The molecule has 0 amide bonds. The fourth-order valence-corrected chi connectivity index (χ4v) is 1.88. The number of nitrogens with one attached hydrogen (secondary N) is 1.